The van der Waals surface area contributed by atoms with Gasteiger partial charge in [0.05, 0.1) is 17.6 Å². The number of anilines is 1. The monoisotopic (exact) mass is 396 g/mol. The number of hydrogen-bond acceptors (Lipinski definition) is 6. The van der Waals surface area contributed by atoms with Crippen LogP contribution in [-0.4, -0.2) is 38.8 Å². The first-order valence-corrected chi connectivity index (χ1v) is 10.0. The lowest BCUT2D eigenvalue weighted by atomic mass is 10.1. The number of amides is 1. The highest BCUT2D eigenvalue weighted by molar-refractivity contribution is 7.99. The van der Waals surface area contributed by atoms with Crippen molar-refractivity contribution < 1.29 is 14.0 Å². The van der Waals surface area contributed by atoms with E-state index >= 15 is 0 Å². The third-order valence-electron chi connectivity index (χ3n) is 4.82. The Morgan fingerprint density at radius 1 is 1.29 bits per heavy atom. The molecule has 4 rings (SSSR count). The number of carbonyl (C=O) groups is 2. The summed E-state index contributed by atoms with van der Waals surface area (Å²) in [5, 5.41) is 9.08. The SMILES string of the molecule is Cc1occc1-c1nnc(SCC(=O)c2cccc(N3CCCC3=O)c2)n1C. The molecule has 0 aliphatic carbocycles. The van der Waals surface area contributed by atoms with Gasteiger partial charge in [-0.1, -0.05) is 23.9 Å². The maximum absolute atomic E-state index is 12.7. The summed E-state index contributed by atoms with van der Waals surface area (Å²) in [6, 6.07) is 9.12. The molecule has 1 amide bonds. The molecule has 0 spiro atoms. The zero-order chi connectivity index (χ0) is 19.7. The van der Waals surface area contributed by atoms with E-state index in [0.29, 0.717) is 29.5 Å². The van der Waals surface area contributed by atoms with Crippen molar-refractivity contribution >= 4 is 29.1 Å². The molecular weight excluding hydrogens is 376 g/mol. The van der Waals surface area contributed by atoms with E-state index in [-0.39, 0.29) is 17.4 Å². The molecule has 1 aliphatic heterocycles. The maximum Gasteiger partial charge on any atom is 0.227 e. The summed E-state index contributed by atoms with van der Waals surface area (Å²) in [4.78, 5) is 26.4. The van der Waals surface area contributed by atoms with E-state index in [1.807, 2.05) is 36.7 Å². The summed E-state index contributed by atoms with van der Waals surface area (Å²) >= 11 is 1.34. The Labute approximate surface area is 166 Å². The quantitative estimate of drug-likeness (QED) is 0.469. The molecule has 0 unspecified atom stereocenters. The first-order chi connectivity index (χ1) is 13.5. The number of aryl methyl sites for hydroxylation is 1. The number of thioether (sulfide) groups is 1. The molecule has 0 radical (unpaired) electrons. The molecule has 0 N–H and O–H groups in total. The number of Topliss-reactive ketones (excluding diaryl/α,β-unsaturated/α-hetero) is 1. The van der Waals surface area contributed by atoms with Crippen LogP contribution in [0.25, 0.3) is 11.4 Å². The van der Waals surface area contributed by atoms with E-state index in [9.17, 15) is 9.59 Å². The molecule has 8 heteroatoms. The molecule has 144 valence electrons. The lowest BCUT2D eigenvalue weighted by Gasteiger charge is -2.16. The molecule has 1 aliphatic rings. The highest BCUT2D eigenvalue weighted by Gasteiger charge is 2.22. The van der Waals surface area contributed by atoms with Gasteiger partial charge in [-0.3, -0.25) is 9.59 Å². The number of nitrogens with zero attached hydrogens (tertiary/aromatic N) is 4. The molecule has 7 nitrogen and oxygen atoms in total. The third kappa shape index (κ3) is 3.47. The number of rotatable bonds is 6. The Kier molecular flexibility index (Phi) is 5.04. The van der Waals surface area contributed by atoms with Crippen molar-refractivity contribution in [2.75, 3.05) is 17.2 Å². The van der Waals surface area contributed by atoms with Crippen LogP contribution in [0.2, 0.25) is 0 Å². The van der Waals surface area contributed by atoms with Crippen LogP contribution in [0.3, 0.4) is 0 Å². The number of aromatic nitrogens is 3. The van der Waals surface area contributed by atoms with Crippen LogP contribution < -0.4 is 4.90 Å². The minimum Gasteiger partial charge on any atom is -0.469 e. The first kappa shape index (κ1) is 18.5. The zero-order valence-electron chi connectivity index (χ0n) is 15.7. The standard InChI is InChI=1S/C20H20N4O3S/c1-13-16(8-10-27-13)19-21-22-20(23(19)2)28-12-17(25)14-5-3-6-15(11-14)24-9-4-7-18(24)26/h3,5-6,8,10-11H,4,7,9,12H2,1-2H3. The molecule has 28 heavy (non-hydrogen) atoms. The summed E-state index contributed by atoms with van der Waals surface area (Å²) in [5.74, 6) is 1.82. The van der Waals surface area contributed by atoms with E-state index < -0.39 is 0 Å². The van der Waals surface area contributed by atoms with Crippen LogP contribution >= 0.6 is 11.8 Å². The van der Waals surface area contributed by atoms with Crippen LogP contribution in [0.15, 0.2) is 46.2 Å². The van der Waals surface area contributed by atoms with Crippen LogP contribution in [0, 0.1) is 6.92 Å². The van der Waals surface area contributed by atoms with Crippen molar-refractivity contribution in [2.45, 2.75) is 24.9 Å². The van der Waals surface area contributed by atoms with Crippen LogP contribution in [0.4, 0.5) is 5.69 Å². The van der Waals surface area contributed by atoms with Crippen LogP contribution in [-0.2, 0) is 11.8 Å². The predicted molar refractivity (Wildman–Crippen MR) is 107 cm³/mol. The van der Waals surface area contributed by atoms with Gasteiger partial charge in [0.2, 0.25) is 5.91 Å². The van der Waals surface area contributed by atoms with Crippen molar-refractivity contribution in [1.29, 1.82) is 0 Å². The normalized spacial score (nSPS) is 14.1. The van der Waals surface area contributed by atoms with Crippen molar-refractivity contribution in [3.63, 3.8) is 0 Å². The molecule has 1 fully saturated rings. The third-order valence-corrected chi connectivity index (χ3v) is 5.84. The summed E-state index contributed by atoms with van der Waals surface area (Å²) in [6.45, 7) is 2.58. The number of benzene rings is 1. The van der Waals surface area contributed by atoms with Gasteiger partial charge in [0.25, 0.3) is 0 Å². The van der Waals surface area contributed by atoms with Gasteiger partial charge in [-0.05, 0) is 31.5 Å². The van der Waals surface area contributed by atoms with Crippen LogP contribution in [0.1, 0.15) is 29.0 Å². The van der Waals surface area contributed by atoms with E-state index in [4.69, 9.17) is 4.42 Å². The second kappa shape index (κ2) is 7.63. The molecule has 3 heterocycles. The van der Waals surface area contributed by atoms with Gasteiger partial charge in [-0.15, -0.1) is 10.2 Å². The average Bonchev–Trinajstić information content (AvgIpc) is 3.40. The fourth-order valence-corrected chi connectivity index (χ4v) is 4.08. The lowest BCUT2D eigenvalue weighted by molar-refractivity contribution is -0.117. The average molecular weight is 396 g/mol. The maximum atomic E-state index is 12.7. The largest absolute Gasteiger partial charge is 0.469 e. The first-order valence-electron chi connectivity index (χ1n) is 9.05. The smallest absolute Gasteiger partial charge is 0.227 e. The topological polar surface area (TPSA) is 81.2 Å². The Morgan fingerprint density at radius 2 is 2.14 bits per heavy atom. The lowest BCUT2D eigenvalue weighted by Crippen LogP contribution is -2.23. The van der Waals surface area contributed by atoms with Gasteiger partial charge in [0.1, 0.15) is 5.76 Å². The van der Waals surface area contributed by atoms with Gasteiger partial charge in [0, 0.05) is 31.3 Å². The molecule has 1 saturated heterocycles. The van der Waals surface area contributed by atoms with Crippen LogP contribution in [0.5, 0.6) is 0 Å². The highest BCUT2D eigenvalue weighted by atomic mass is 32.2. The van der Waals surface area contributed by atoms with E-state index in [1.54, 1.807) is 23.3 Å². The minimum absolute atomic E-state index is 0.0115. The Hall–Kier alpha value is -2.87. The fraction of sp³-hybridized carbons (Fsp3) is 0.300. The fourth-order valence-electron chi connectivity index (χ4n) is 3.27. The summed E-state index contributed by atoms with van der Waals surface area (Å²) in [6.07, 6.45) is 3.05. The Bertz CT molecular complexity index is 1040. The summed E-state index contributed by atoms with van der Waals surface area (Å²) in [5.41, 5.74) is 2.27. The van der Waals surface area contributed by atoms with E-state index in [0.717, 1.165) is 23.4 Å². The Balaban J connectivity index is 1.46. The highest BCUT2D eigenvalue weighted by Crippen LogP contribution is 2.27. The summed E-state index contributed by atoms with van der Waals surface area (Å²) in [7, 11) is 1.87. The van der Waals surface area contributed by atoms with E-state index in [1.165, 1.54) is 11.8 Å². The van der Waals surface area contributed by atoms with Gasteiger partial charge in [-0.25, -0.2) is 0 Å². The predicted octanol–water partition coefficient (Wildman–Crippen LogP) is 3.49. The molecular formula is C20H20N4O3S. The van der Waals surface area contributed by atoms with Gasteiger partial charge < -0.3 is 13.9 Å². The molecule has 0 bridgehead atoms. The number of carbonyl (C=O) groups excluding carboxylic acids is 2. The zero-order valence-corrected chi connectivity index (χ0v) is 16.5. The van der Waals surface area contributed by atoms with Gasteiger partial charge in [0.15, 0.2) is 16.8 Å². The summed E-state index contributed by atoms with van der Waals surface area (Å²) < 4.78 is 7.19. The second-order valence-corrected chi connectivity index (χ2v) is 7.61. The second-order valence-electron chi connectivity index (χ2n) is 6.67. The Morgan fingerprint density at radius 3 is 2.86 bits per heavy atom. The van der Waals surface area contributed by atoms with Crippen molar-refractivity contribution in [1.82, 2.24) is 14.8 Å². The number of hydrogen-bond donors (Lipinski definition) is 0. The van der Waals surface area contributed by atoms with Gasteiger partial charge in [-0.2, -0.15) is 0 Å². The molecule has 1 aromatic carbocycles. The molecule has 3 aromatic rings. The van der Waals surface area contributed by atoms with Crippen molar-refractivity contribution in [2.24, 2.45) is 7.05 Å². The minimum atomic E-state index is -0.0115. The van der Waals surface area contributed by atoms with Gasteiger partial charge >= 0.3 is 0 Å². The number of furan rings is 1. The molecule has 0 saturated carbocycles. The van der Waals surface area contributed by atoms with Crippen molar-refractivity contribution in [3.05, 3.63) is 47.9 Å². The number of ketones is 1. The molecule has 0 atom stereocenters. The van der Waals surface area contributed by atoms with Crippen molar-refractivity contribution in [3.8, 4) is 11.4 Å². The van der Waals surface area contributed by atoms with E-state index in [2.05, 4.69) is 10.2 Å². The molecule has 2 aromatic heterocycles.